The van der Waals surface area contributed by atoms with Crippen molar-refractivity contribution in [2.75, 3.05) is 16.6 Å². The van der Waals surface area contributed by atoms with E-state index in [2.05, 4.69) is 15.0 Å². The van der Waals surface area contributed by atoms with Gasteiger partial charge in [0.2, 0.25) is 5.91 Å². The molecule has 1 aromatic carbocycles. The zero-order chi connectivity index (χ0) is 15.6. The van der Waals surface area contributed by atoms with E-state index < -0.39 is 10.0 Å². The van der Waals surface area contributed by atoms with Crippen LogP contribution >= 0.6 is 0 Å². The van der Waals surface area contributed by atoms with Gasteiger partial charge in [0.1, 0.15) is 11.6 Å². The molecular weight excluding hydrogens is 306 g/mol. The summed E-state index contributed by atoms with van der Waals surface area (Å²) >= 11 is 0. The molecule has 0 aliphatic carbocycles. The van der Waals surface area contributed by atoms with Crippen LogP contribution in [0.1, 0.15) is 6.42 Å². The van der Waals surface area contributed by atoms with Crippen LogP contribution in [0.4, 0.5) is 11.5 Å². The fourth-order valence-electron chi connectivity index (χ4n) is 1.99. The van der Waals surface area contributed by atoms with Crippen molar-refractivity contribution in [2.45, 2.75) is 11.3 Å². The molecule has 2 N–H and O–H groups in total. The smallest absolute Gasteiger partial charge is 0.263 e. The van der Waals surface area contributed by atoms with Crippen LogP contribution < -0.4 is 14.8 Å². The van der Waals surface area contributed by atoms with E-state index in [0.29, 0.717) is 11.4 Å². The maximum Gasteiger partial charge on any atom is 0.263 e. The van der Waals surface area contributed by atoms with E-state index in [-0.39, 0.29) is 29.6 Å². The molecule has 0 radical (unpaired) electrons. The molecule has 0 atom stereocenters. The van der Waals surface area contributed by atoms with Crippen LogP contribution in [0, 0.1) is 0 Å². The first-order chi connectivity index (χ1) is 10.5. The minimum absolute atomic E-state index is 0.0164. The number of sulfonamides is 1. The van der Waals surface area contributed by atoms with Gasteiger partial charge in [0, 0.05) is 6.20 Å². The second kappa shape index (κ2) is 5.64. The molecule has 0 fully saturated rings. The number of carbonyl (C=O) groups excluding carboxylic acids is 1. The van der Waals surface area contributed by atoms with Gasteiger partial charge in [-0.3, -0.25) is 9.52 Å². The first-order valence-electron chi connectivity index (χ1n) is 6.55. The van der Waals surface area contributed by atoms with Crippen molar-refractivity contribution in [1.29, 1.82) is 0 Å². The number of fused-ring (bicyclic) bond motifs is 1. The molecule has 0 spiro atoms. The molecule has 2 aromatic rings. The number of carbonyl (C=O) groups is 1. The fourth-order valence-corrected chi connectivity index (χ4v) is 3.02. The minimum atomic E-state index is -3.80. The Bertz CT molecular complexity index is 806. The lowest BCUT2D eigenvalue weighted by molar-refractivity contribution is -0.116. The number of nitrogens with one attached hydrogen (secondary N) is 2. The normalized spacial score (nSPS) is 14.3. The second-order valence-electron chi connectivity index (χ2n) is 4.63. The molecule has 8 heteroatoms. The predicted octanol–water partition coefficient (Wildman–Crippen LogP) is 1.60. The zero-order valence-corrected chi connectivity index (χ0v) is 12.3. The Morgan fingerprint density at radius 3 is 2.86 bits per heavy atom. The highest BCUT2D eigenvalue weighted by Gasteiger charge is 2.20. The summed E-state index contributed by atoms with van der Waals surface area (Å²) in [7, 11) is -3.80. The minimum Gasteiger partial charge on any atom is -0.491 e. The Morgan fingerprint density at radius 1 is 1.23 bits per heavy atom. The number of amides is 1. The van der Waals surface area contributed by atoms with Crippen LogP contribution in [-0.4, -0.2) is 25.9 Å². The highest BCUT2D eigenvalue weighted by molar-refractivity contribution is 7.92. The SMILES string of the molecule is O=C1CCOc2ccc(S(=O)(=O)Nc3ccccn3)cc2N1. The molecule has 0 bridgehead atoms. The quantitative estimate of drug-likeness (QED) is 0.895. The van der Waals surface area contributed by atoms with E-state index in [1.54, 1.807) is 18.2 Å². The van der Waals surface area contributed by atoms with Gasteiger partial charge in [-0.25, -0.2) is 13.4 Å². The van der Waals surface area contributed by atoms with E-state index in [1.807, 2.05) is 0 Å². The van der Waals surface area contributed by atoms with Gasteiger partial charge in [0.25, 0.3) is 10.0 Å². The maximum absolute atomic E-state index is 12.4. The molecular formula is C14H13N3O4S. The molecule has 1 aliphatic heterocycles. The van der Waals surface area contributed by atoms with E-state index in [4.69, 9.17) is 4.74 Å². The fraction of sp³-hybridized carbons (Fsp3) is 0.143. The number of pyridine rings is 1. The highest BCUT2D eigenvalue weighted by Crippen LogP contribution is 2.30. The van der Waals surface area contributed by atoms with Gasteiger partial charge in [0.05, 0.1) is 23.6 Å². The third-order valence-corrected chi connectivity index (χ3v) is 4.38. The van der Waals surface area contributed by atoms with Gasteiger partial charge in [-0.15, -0.1) is 0 Å². The topological polar surface area (TPSA) is 97.4 Å². The van der Waals surface area contributed by atoms with Gasteiger partial charge in [0.15, 0.2) is 0 Å². The third kappa shape index (κ3) is 3.01. The van der Waals surface area contributed by atoms with Crippen molar-refractivity contribution < 1.29 is 17.9 Å². The van der Waals surface area contributed by atoms with Gasteiger partial charge in [-0.05, 0) is 30.3 Å². The highest BCUT2D eigenvalue weighted by atomic mass is 32.2. The number of hydrogen-bond acceptors (Lipinski definition) is 5. The Balaban J connectivity index is 1.93. The summed E-state index contributed by atoms with van der Waals surface area (Å²) in [5.74, 6) is 0.450. The first-order valence-corrected chi connectivity index (χ1v) is 8.03. The molecule has 2 heterocycles. The summed E-state index contributed by atoms with van der Waals surface area (Å²) in [6.45, 7) is 0.261. The molecule has 3 rings (SSSR count). The Kier molecular flexibility index (Phi) is 3.68. The molecule has 0 saturated heterocycles. The molecule has 1 amide bonds. The average Bonchev–Trinajstić information content (AvgIpc) is 2.67. The van der Waals surface area contributed by atoms with Crippen LogP contribution in [0.25, 0.3) is 0 Å². The average molecular weight is 319 g/mol. The number of hydrogen-bond donors (Lipinski definition) is 2. The lowest BCUT2D eigenvalue weighted by atomic mass is 10.3. The van der Waals surface area contributed by atoms with Crippen LogP contribution in [-0.2, 0) is 14.8 Å². The van der Waals surface area contributed by atoms with Crippen molar-refractivity contribution in [3.8, 4) is 5.75 Å². The number of nitrogens with zero attached hydrogens (tertiary/aromatic N) is 1. The molecule has 114 valence electrons. The molecule has 0 saturated carbocycles. The summed E-state index contributed by atoms with van der Waals surface area (Å²) in [5, 5.41) is 2.63. The van der Waals surface area contributed by atoms with Crippen LogP contribution in [0.5, 0.6) is 5.75 Å². The standard InChI is InChI=1S/C14H13N3O4S/c18-14-6-8-21-12-5-4-10(9-11(12)16-14)22(19,20)17-13-3-1-2-7-15-13/h1-5,7,9H,6,8H2,(H,15,17)(H,16,18). The summed E-state index contributed by atoms with van der Waals surface area (Å²) in [5.41, 5.74) is 0.339. The van der Waals surface area contributed by atoms with Gasteiger partial charge < -0.3 is 10.1 Å². The lowest BCUT2D eigenvalue weighted by Gasteiger charge is -2.11. The summed E-state index contributed by atoms with van der Waals surface area (Å²) < 4.78 is 32.5. The summed E-state index contributed by atoms with van der Waals surface area (Å²) in [4.78, 5) is 15.5. The van der Waals surface area contributed by atoms with Gasteiger partial charge in [-0.1, -0.05) is 6.07 Å². The Hall–Kier alpha value is -2.61. The van der Waals surface area contributed by atoms with Crippen molar-refractivity contribution >= 4 is 27.4 Å². The zero-order valence-electron chi connectivity index (χ0n) is 11.4. The first kappa shape index (κ1) is 14.3. The monoisotopic (exact) mass is 319 g/mol. The number of benzene rings is 1. The largest absolute Gasteiger partial charge is 0.491 e. The summed E-state index contributed by atoms with van der Waals surface area (Å²) in [6, 6.07) is 9.22. The van der Waals surface area contributed by atoms with Crippen LogP contribution in [0.2, 0.25) is 0 Å². The van der Waals surface area contributed by atoms with Gasteiger partial charge in [-0.2, -0.15) is 0 Å². The number of anilines is 2. The Morgan fingerprint density at radius 2 is 2.09 bits per heavy atom. The van der Waals surface area contributed by atoms with Crippen molar-refractivity contribution in [3.05, 3.63) is 42.6 Å². The second-order valence-corrected chi connectivity index (χ2v) is 6.31. The number of aromatic nitrogens is 1. The maximum atomic E-state index is 12.4. The number of rotatable bonds is 3. The molecule has 1 aromatic heterocycles. The molecule has 1 aliphatic rings. The summed E-state index contributed by atoms with van der Waals surface area (Å²) in [6.07, 6.45) is 1.71. The van der Waals surface area contributed by atoms with Crippen LogP contribution in [0.3, 0.4) is 0 Å². The van der Waals surface area contributed by atoms with E-state index in [9.17, 15) is 13.2 Å². The van der Waals surface area contributed by atoms with Crippen molar-refractivity contribution in [1.82, 2.24) is 4.98 Å². The Labute approximate surface area is 127 Å². The lowest BCUT2D eigenvalue weighted by Crippen LogP contribution is -2.15. The van der Waals surface area contributed by atoms with Crippen molar-refractivity contribution in [3.63, 3.8) is 0 Å². The number of ether oxygens (including phenoxy) is 1. The van der Waals surface area contributed by atoms with E-state index in [1.165, 1.54) is 24.4 Å². The van der Waals surface area contributed by atoms with Crippen LogP contribution in [0.15, 0.2) is 47.5 Å². The van der Waals surface area contributed by atoms with E-state index in [0.717, 1.165) is 0 Å². The third-order valence-electron chi connectivity index (χ3n) is 3.03. The van der Waals surface area contributed by atoms with E-state index >= 15 is 0 Å². The molecule has 22 heavy (non-hydrogen) atoms. The van der Waals surface area contributed by atoms with Gasteiger partial charge >= 0.3 is 0 Å². The predicted molar refractivity (Wildman–Crippen MR) is 80.2 cm³/mol. The molecule has 7 nitrogen and oxygen atoms in total. The van der Waals surface area contributed by atoms with Crippen molar-refractivity contribution in [2.24, 2.45) is 0 Å². The molecule has 0 unspecified atom stereocenters.